The molecule has 0 aromatic heterocycles. The van der Waals surface area contributed by atoms with E-state index < -0.39 is 0 Å². The summed E-state index contributed by atoms with van der Waals surface area (Å²) in [6.45, 7) is 9.51. The molecule has 152 valence electrons. The molecule has 1 atom stereocenters. The molecule has 2 aromatic carbocycles. The number of benzene rings is 2. The van der Waals surface area contributed by atoms with Crippen LogP contribution in [0.2, 0.25) is 0 Å². The first kappa shape index (κ1) is 21.3. The average molecular weight is 397 g/mol. The summed E-state index contributed by atoms with van der Waals surface area (Å²) in [6, 6.07) is 18.2. The van der Waals surface area contributed by atoms with Crippen molar-refractivity contribution in [1.82, 2.24) is 4.90 Å². The van der Waals surface area contributed by atoms with Crippen molar-refractivity contribution in [1.29, 1.82) is 0 Å². The standard InChI is InChI=1S/C25H36N2S/c1-20-9-8-11-22(19-20)24-16-18-27(25(24,2)3)17-7-6-10-21-12-14-23(15-13-21)26(4)28-5/h8-9,11-15,19,24H,6-7,10,16-18H2,1-5H3. The fraction of sp³-hybridized carbons (Fsp3) is 0.520. The highest BCUT2D eigenvalue weighted by molar-refractivity contribution is 7.99. The number of aryl methyl sites for hydroxylation is 2. The van der Waals surface area contributed by atoms with Crippen LogP contribution in [-0.2, 0) is 6.42 Å². The van der Waals surface area contributed by atoms with Crippen LogP contribution in [0, 0.1) is 6.92 Å². The summed E-state index contributed by atoms with van der Waals surface area (Å²) in [4.78, 5) is 2.72. The van der Waals surface area contributed by atoms with E-state index >= 15 is 0 Å². The predicted octanol–water partition coefficient (Wildman–Crippen LogP) is 6.30. The van der Waals surface area contributed by atoms with Gasteiger partial charge in [-0.1, -0.05) is 53.9 Å². The first-order chi connectivity index (χ1) is 13.4. The highest BCUT2D eigenvalue weighted by atomic mass is 32.2. The molecular formula is C25H36N2S. The molecule has 0 radical (unpaired) electrons. The minimum Gasteiger partial charge on any atom is -0.320 e. The predicted molar refractivity (Wildman–Crippen MR) is 125 cm³/mol. The van der Waals surface area contributed by atoms with E-state index in [2.05, 4.69) is 91.8 Å². The lowest BCUT2D eigenvalue weighted by atomic mass is 9.82. The van der Waals surface area contributed by atoms with Crippen LogP contribution in [-0.4, -0.2) is 36.8 Å². The van der Waals surface area contributed by atoms with Crippen LogP contribution in [0.4, 0.5) is 5.69 Å². The summed E-state index contributed by atoms with van der Waals surface area (Å²) in [5.74, 6) is 0.647. The van der Waals surface area contributed by atoms with Gasteiger partial charge in [0.05, 0.1) is 0 Å². The SMILES string of the molecule is CSN(C)c1ccc(CCCCN2CCC(c3cccc(C)c3)C2(C)C)cc1. The Hall–Kier alpha value is -1.45. The second-order valence-corrected chi connectivity index (χ2v) is 9.61. The minimum atomic E-state index is 0.248. The monoisotopic (exact) mass is 396 g/mol. The molecule has 1 saturated heterocycles. The Labute approximate surface area is 176 Å². The largest absolute Gasteiger partial charge is 0.320 e. The van der Waals surface area contributed by atoms with E-state index in [9.17, 15) is 0 Å². The van der Waals surface area contributed by atoms with E-state index in [0.717, 1.165) is 0 Å². The summed E-state index contributed by atoms with van der Waals surface area (Å²) in [6.07, 6.45) is 7.10. The van der Waals surface area contributed by atoms with Crippen molar-refractivity contribution in [3.05, 3.63) is 65.2 Å². The molecule has 1 unspecified atom stereocenters. The zero-order valence-corrected chi connectivity index (χ0v) is 19.1. The molecule has 0 saturated carbocycles. The van der Waals surface area contributed by atoms with E-state index in [-0.39, 0.29) is 5.54 Å². The van der Waals surface area contributed by atoms with E-state index in [1.165, 1.54) is 61.2 Å². The summed E-state index contributed by atoms with van der Waals surface area (Å²) in [7, 11) is 2.11. The second kappa shape index (κ2) is 9.37. The van der Waals surface area contributed by atoms with Crippen molar-refractivity contribution >= 4 is 17.6 Å². The number of hydrogen-bond donors (Lipinski definition) is 0. The Bertz CT molecular complexity index is 753. The van der Waals surface area contributed by atoms with Crippen LogP contribution in [0.1, 0.15) is 55.7 Å². The molecule has 2 aromatic rings. The Morgan fingerprint density at radius 3 is 2.54 bits per heavy atom. The number of likely N-dealkylation sites (tertiary alicyclic amines) is 1. The van der Waals surface area contributed by atoms with Crippen LogP contribution < -0.4 is 4.31 Å². The summed E-state index contributed by atoms with van der Waals surface area (Å²) in [5, 5.41) is 0. The van der Waals surface area contributed by atoms with Gasteiger partial charge in [0.25, 0.3) is 0 Å². The number of rotatable bonds is 8. The normalized spacial score (nSPS) is 19.1. The molecule has 0 bridgehead atoms. The quantitative estimate of drug-likeness (QED) is 0.382. The van der Waals surface area contributed by atoms with Crippen LogP contribution in [0.5, 0.6) is 0 Å². The lowest BCUT2D eigenvalue weighted by molar-refractivity contribution is 0.159. The third kappa shape index (κ3) is 4.93. The molecule has 1 heterocycles. The maximum Gasteiger partial charge on any atom is 0.0466 e. The van der Waals surface area contributed by atoms with Gasteiger partial charge >= 0.3 is 0 Å². The molecule has 0 amide bonds. The molecule has 3 heteroatoms. The maximum atomic E-state index is 2.72. The molecule has 0 N–H and O–H groups in total. The maximum absolute atomic E-state index is 2.72. The third-order valence-electron chi connectivity index (χ3n) is 6.52. The Morgan fingerprint density at radius 1 is 1.11 bits per heavy atom. The van der Waals surface area contributed by atoms with Gasteiger partial charge in [-0.2, -0.15) is 0 Å². The van der Waals surface area contributed by atoms with Crippen LogP contribution in [0.15, 0.2) is 48.5 Å². The van der Waals surface area contributed by atoms with Gasteiger partial charge in [-0.05, 0) is 82.8 Å². The van der Waals surface area contributed by atoms with Gasteiger partial charge in [-0.25, -0.2) is 0 Å². The van der Waals surface area contributed by atoms with E-state index in [0.29, 0.717) is 5.92 Å². The van der Waals surface area contributed by atoms with Crippen molar-refractivity contribution in [3.63, 3.8) is 0 Å². The van der Waals surface area contributed by atoms with Crippen molar-refractivity contribution in [3.8, 4) is 0 Å². The number of nitrogens with zero attached hydrogens (tertiary/aromatic N) is 2. The molecule has 1 fully saturated rings. The molecule has 0 aliphatic carbocycles. The molecule has 3 rings (SSSR count). The first-order valence-corrected chi connectivity index (χ1v) is 11.8. The van der Waals surface area contributed by atoms with Crippen molar-refractivity contribution in [2.45, 2.75) is 57.9 Å². The van der Waals surface area contributed by atoms with Gasteiger partial charge in [-0.15, -0.1) is 0 Å². The van der Waals surface area contributed by atoms with E-state index in [1.54, 1.807) is 11.9 Å². The second-order valence-electron chi connectivity index (χ2n) is 8.70. The van der Waals surface area contributed by atoms with Crippen molar-refractivity contribution in [2.75, 3.05) is 30.7 Å². The molecular weight excluding hydrogens is 360 g/mol. The van der Waals surface area contributed by atoms with Crippen molar-refractivity contribution < 1.29 is 0 Å². The molecule has 1 aliphatic heterocycles. The lowest BCUT2D eigenvalue weighted by Gasteiger charge is -2.36. The van der Waals surface area contributed by atoms with Crippen molar-refractivity contribution in [2.24, 2.45) is 0 Å². The Balaban J connectivity index is 1.48. The van der Waals surface area contributed by atoms with Gasteiger partial charge in [-0.3, -0.25) is 4.90 Å². The number of hydrogen-bond acceptors (Lipinski definition) is 3. The van der Waals surface area contributed by atoms with Gasteiger partial charge in [0.2, 0.25) is 0 Å². The lowest BCUT2D eigenvalue weighted by Crippen LogP contribution is -2.42. The zero-order valence-electron chi connectivity index (χ0n) is 18.2. The van der Waals surface area contributed by atoms with Gasteiger partial charge in [0, 0.05) is 30.4 Å². The summed E-state index contributed by atoms with van der Waals surface area (Å²) in [5.41, 5.74) is 5.87. The number of unbranched alkanes of at least 4 members (excludes halogenated alkanes) is 1. The molecule has 0 spiro atoms. The Morgan fingerprint density at radius 2 is 1.86 bits per heavy atom. The van der Waals surface area contributed by atoms with Crippen LogP contribution in [0.25, 0.3) is 0 Å². The number of anilines is 1. The molecule has 1 aliphatic rings. The van der Waals surface area contributed by atoms with Crippen LogP contribution in [0.3, 0.4) is 0 Å². The topological polar surface area (TPSA) is 6.48 Å². The highest BCUT2D eigenvalue weighted by Crippen LogP contribution is 2.42. The molecule has 28 heavy (non-hydrogen) atoms. The summed E-state index contributed by atoms with van der Waals surface area (Å²) >= 11 is 1.75. The first-order valence-electron chi connectivity index (χ1n) is 10.6. The third-order valence-corrected chi connectivity index (χ3v) is 7.28. The zero-order chi connectivity index (χ0) is 20.1. The fourth-order valence-electron chi connectivity index (χ4n) is 4.62. The van der Waals surface area contributed by atoms with Gasteiger partial charge < -0.3 is 4.31 Å². The van der Waals surface area contributed by atoms with Gasteiger partial charge in [0.1, 0.15) is 0 Å². The molecule has 2 nitrogen and oxygen atoms in total. The minimum absolute atomic E-state index is 0.248. The smallest absolute Gasteiger partial charge is 0.0466 e. The van der Waals surface area contributed by atoms with Gasteiger partial charge in [0.15, 0.2) is 0 Å². The van der Waals surface area contributed by atoms with E-state index in [4.69, 9.17) is 0 Å². The Kier molecular flexibility index (Phi) is 7.11. The summed E-state index contributed by atoms with van der Waals surface area (Å²) < 4.78 is 2.20. The van der Waals surface area contributed by atoms with Crippen LogP contribution >= 0.6 is 11.9 Å². The highest BCUT2D eigenvalue weighted by Gasteiger charge is 2.41. The van der Waals surface area contributed by atoms with E-state index in [1.807, 2.05) is 0 Å². The average Bonchev–Trinajstić information content (AvgIpc) is 2.99. The fourth-order valence-corrected chi connectivity index (χ4v) is 4.95.